The van der Waals surface area contributed by atoms with Gasteiger partial charge in [-0.2, -0.15) is 14.9 Å². The number of nitriles is 1. The van der Waals surface area contributed by atoms with E-state index in [1.54, 1.807) is 45.2 Å². The lowest BCUT2D eigenvalue weighted by Crippen LogP contribution is -2.57. The minimum absolute atomic E-state index is 0.0600. The highest BCUT2D eigenvalue weighted by molar-refractivity contribution is 6.04. The van der Waals surface area contributed by atoms with E-state index >= 15 is 0 Å². The van der Waals surface area contributed by atoms with E-state index in [0.29, 0.717) is 11.5 Å². The molecule has 3 aromatic rings. The zero-order valence-electron chi connectivity index (χ0n) is 20.9. The Morgan fingerprint density at radius 1 is 1.19 bits per heavy atom. The van der Waals surface area contributed by atoms with Crippen LogP contribution in [0.4, 0.5) is 21.1 Å². The summed E-state index contributed by atoms with van der Waals surface area (Å²) in [6.07, 6.45) is 2.85. The van der Waals surface area contributed by atoms with Crippen LogP contribution in [-0.4, -0.2) is 47.1 Å². The predicted molar refractivity (Wildman–Crippen MR) is 134 cm³/mol. The standard InChI is InChI=1S/C27H28N5O5/c1-26(2,3)37-25(34)32(16-21(36-24(32)33)15-30-23-10-13-35-31-23)20-7-4-18(5-8-20)19-6-9-22(29-14-19)27(17-28)11-12-27/h4-10,13-14,21H,11-12,15-16H2,1-3H3,(H,30,31)/q+1/t21?,32-/m1/s1. The molecule has 1 N–H and O–H groups in total. The number of quaternary nitrogens is 1. The number of cyclic esters (lactones) is 1. The Morgan fingerprint density at radius 3 is 2.49 bits per heavy atom. The maximum Gasteiger partial charge on any atom is 0.532 e. The van der Waals surface area contributed by atoms with Crippen molar-refractivity contribution in [2.75, 3.05) is 18.4 Å². The molecule has 0 radical (unpaired) electrons. The Kier molecular flexibility index (Phi) is 5.96. The van der Waals surface area contributed by atoms with Crippen LogP contribution >= 0.6 is 0 Å². The van der Waals surface area contributed by atoms with Crippen molar-refractivity contribution in [3.63, 3.8) is 0 Å². The van der Waals surface area contributed by atoms with E-state index in [4.69, 9.17) is 14.0 Å². The number of hydrogen-bond acceptors (Lipinski definition) is 9. The van der Waals surface area contributed by atoms with Crippen molar-refractivity contribution in [2.24, 2.45) is 0 Å². The second-order valence-electron chi connectivity index (χ2n) is 10.4. The highest BCUT2D eigenvalue weighted by Crippen LogP contribution is 2.46. The summed E-state index contributed by atoms with van der Waals surface area (Å²) < 4.78 is 15.4. The van der Waals surface area contributed by atoms with Crippen LogP contribution in [0, 0.1) is 11.3 Å². The van der Waals surface area contributed by atoms with Gasteiger partial charge in [0.2, 0.25) is 0 Å². The summed E-state index contributed by atoms with van der Waals surface area (Å²) in [5, 5.41) is 16.3. The monoisotopic (exact) mass is 502 g/mol. The van der Waals surface area contributed by atoms with Crippen LogP contribution in [0.15, 0.2) is 59.4 Å². The van der Waals surface area contributed by atoms with Crippen LogP contribution in [0.3, 0.4) is 0 Å². The lowest BCUT2D eigenvalue weighted by molar-refractivity contribution is 0.0346. The molecule has 1 aliphatic heterocycles. The zero-order valence-corrected chi connectivity index (χ0v) is 20.9. The molecule has 0 spiro atoms. The molecule has 0 bridgehead atoms. The van der Waals surface area contributed by atoms with Crippen molar-refractivity contribution in [2.45, 2.75) is 50.7 Å². The van der Waals surface area contributed by atoms with Gasteiger partial charge in [0, 0.05) is 30.0 Å². The first-order valence-corrected chi connectivity index (χ1v) is 12.1. The molecule has 37 heavy (non-hydrogen) atoms. The molecule has 1 aliphatic carbocycles. The molecular weight excluding hydrogens is 474 g/mol. The molecule has 3 heterocycles. The molecule has 2 fully saturated rings. The molecule has 1 saturated carbocycles. The van der Waals surface area contributed by atoms with E-state index in [-0.39, 0.29) is 13.1 Å². The van der Waals surface area contributed by atoms with E-state index in [1.807, 2.05) is 24.3 Å². The lowest BCUT2D eigenvalue weighted by atomic mass is 10.0. The molecule has 10 nitrogen and oxygen atoms in total. The molecule has 5 rings (SSSR count). The van der Waals surface area contributed by atoms with Gasteiger partial charge in [0.15, 0.2) is 17.6 Å². The van der Waals surface area contributed by atoms with Gasteiger partial charge in [-0.3, -0.25) is 4.98 Å². The van der Waals surface area contributed by atoms with Crippen LogP contribution in [0.25, 0.3) is 11.1 Å². The third kappa shape index (κ3) is 4.66. The van der Waals surface area contributed by atoms with Crippen molar-refractivity contribution in [3.8, 4) is 17.2 Å². The molecule has 2 atom stereocenters. The van der Waals surface area contributed by atoms with Crippen molar-refractivity contribution < 1.29 is 23.6 Å². The Labute approximate surface area is 214 Å². The number of anilines is 1. The number of aromatic nitrogens is 2. The number of ether oxygens (including phenoxy) is 2. The minimum atomic E-state index is -0.796. The first-order valence-electron chi connectivity index (χ1n) is 12.1. The maximum absolute atomic E-state index is 13.5. The Morgan fingerprint density at radius 2 is 1.92 bits per heavy atom. The number of amides is 2. The fourth-order valence-electron chi connectivity index (χ4n) is 4.39. The highest BCUT2D eigenvalue weighted by Gasteiger charge is 2.59. The summed E-state index contributed by atoms with van der Waals surface area (Å²) in [6.45, 7) is 5.57. The molecule has 1 saturated heterocycles. The van der Waals surface area contributed by atoms with Gasteiger partial charge in [-0.05, 0) is 57.4 Å². The van der Waals surface area contributed by atoms with Gasteiger partial charge >= 0.3 is 12.2 Å². The summed E-state index contributed by atoms with van der Waals surface area (Å²) in [5.41, 5.74) is 1.72. The Hall–Kier alpha value is -4.23. The molecule has 190 valence electrons. The molecule has 10 heteroatoms. The Balaban J connectivity index is 1.41. The van der Waals surface area contributed by atoms with Crippen LogP contribution < -0.4 is 9.80 Å². The summed E-state index contributed by atoms with van der Waals surface area (Å²) >= 11 is 0. The van der Waals surface area contributed by atoms with Gasteiger partial charge in [0.05, 0.1) is 23.7 Å². The second kappa shape index (κ2) is 9.01. The third-order valence-electron chi connectivity index (χ3n) is 6.57. The van der Waals surface area contributed by atoms with Gasteiger partial charge in [-0.1, -0.05) is 15.7 Å². The first-order chi connectivity index (χ1) is 17.6. The molecule has 2 aromatic heterocycles. The molecular formula is C27H28N5O5+. The van der Waals surface area contributed by atoms with Crippen molar-refractivity contribution in [3.05, 3.63) is 60.6 Å². The summed E-state index contributed by atoms with van der Waals surface area (Å²) in [6, 6.07) is 15.0. The van der Waals surface area contributed by atoms with Crippen LogP contribution in [0.1, 0.15) is 39.3 Å². The van der Waals surface area contributed by atoms with E-state index in [1.165, 1.54) is 6.26 Å². The van der Waals surface area contributed by atoms with Crippen LogP contribution in [0.5, 0.6) is 0 Å². The number of carbonyl (C=O) groups excluding carboxylic acids is 2. The number of imide groups is 1. The number of carbonyl (C=O) groups is 2. The number of nitrogens with zero attached hydrogens (tertiary/aromatic N) is 4. The van der Waals surface area contributed by atoms with E-state index in [0.717, 1.165) is 29.7 Å². The molecule has 1 unspecified atom stereocenters. The van der Waals surface area contributed by atoms with E-state index < -0.39 is 33.8 Å². The summed E-state index contributed by atoms with van der Waals surface area (Å²) in [4.78, 5) is 31.2. The smallest absolute Gasteiger partial charge is 0.414 e. The van der Waals surface area contributed by atoms with E-state index in [2.05, 4.69) is 21.5 Å². The normalized spacial score (nSPS) is 22.1. The maximum atomic E-state index is 13.5. The zero-order chi connectivity index (χ0) is 26.3. The Bertz CT molecular complexity index is 1340. The van der Waals surface area contributed by atoms with Crippen LogP contribution in [-0.2, 0) is 14.9 Å². The van der Waals surface area contributed by atoms with Gasteiger partial charge in [0.1, 0.15) is 18.4 Å². The van der Waals surface area contributed by atoms with Crippen LogP contribution in [0.2, 0.25) is 0 Å². The second-order valence-corrected chi connectivity index (χ2v) is 10.4. The van der Waals surface area contributed by atoms with E-state index in [9.17, 15) is 14.9 Å². The average Bonchev–Trinajstić information content (AvgIpc) is 3.35. The van der Waals surface area contributed by atoms with Crippen molar-refractivity contribution in [1.82, 2.24) is 14.6 Å². The fourth-order valence-corrected chi connectivity index (χ4v) is 4.39. The molecule has 2 aliphatic rings. The molecule has 1 aromatic carbocycles. The number of rotatable bonds is 6. The van der Waals surface area contributed by atoms with Crippen molar-refractivity contribution >= 4 is 23.7 Å². The summed E-state index contributed by atoms with van der Waals surface area (Å²) in [7, 11) is 0. The number of nitrogens with one attached hydrogen (secondary N) is 1. The number of benzene rings is 1. The topological polar surface area (TPSA) is 127 Å². The number of pyridine rings is 1. The van der Waals surface area contributed by atoms with Gasteiger partial charge in [0.25, 0.3) is 0 Å². The fraction of sp³-hybridized carbons (Fsp3) is 0.370. The van der Waals surface area contributed by atoms with Gasteiger partial charge < -0.3 is 19.3 Å². The van der Waals surface area contributed by atoms with Gasteiger partial charge in [-0.25, -0.2) is 0 Å². The lowest BCUT2D eigenvalue weighted by Gasteiger charge is -2.28. The van der Waals surface area contributed by atoms with Gasteiger partial charge in [-0.15, -0.1) is 0 Å². The predicted octanol–water partition coefficient (Wildman–Crippen LogP) is 5.17. The number of hydrogen-bond donors (Lipinski definition) is 1. The quantitative estimate of drug-likeness (QED) is 0.454. The minimum Gasteiger partial charge on any atom is -0.414 e. The average molecular weight is 503 g/mol. The largest absolute Gasteiger partial charge is 0.532 e. The first kappa shape index (κ1) is 24.5. The third-order valence-corrected chi connectivity index (χ3v) is 6.57. The molecule has 2 amide bonds. The SMILES string of the molecule is CC(C)(C)OC(=O)[N@@+]1(c2ccc(-c3ccc(C4(C#N)CC4)nc3)cc2)CC(CNc2ccon2)OC1=O. The summed E-state index contributed by atoms with van der Waals surface area (Å²) in [5.74, 6) is 0.504. The highest BCUT2D eigenvalue weighted by atomic mass is 16.6. The van der Waals surface area contributed by atoms with Crippen molar-refractivity contribution in [1.29, 1.82) is 5.26 Å².